The van der Waals surface area contributed by atoms with E-state index in [0.29, 0.717) is 17.2 Å². The molecule has 2 heterocycles. The first-order valence-corrected chi connectivity index (χ1v) is 10.3. The van der Waals surface area contributed by atoms with Gasteiger partial charge in [-0.3, -0.25) is 0 Å². The van der Waals surface area contributed by atoms with Crippen molar-refractivity contribution in [2.24, 2.45) is 7.05 Å². The standard InChI is InChI=1S/C25H15F5N4O/c1-33-9-8-31-25(33)14-4-2-6-17(10-14)35-18-7-3-5-16(11-18)34-13-15(12-32-34)19-20(26)22(28)24(30)23(29)21(19)27/h2-13H,1H3. The van der Waals surface area contributed by atoms with Gasteiger partial charge in [0.25, 0.3) is 0 Å². The Hall–Kier alpha value is -4.47. The lowest BCUT2D eigenvalue weighted by Gasteiger charge is -2.09. The highest BCUT2D eigenvalue weighted by Crippen LogP contribution is 2.32. The molecule has 0 fully saturated rings. The van der Waals surface area contributed by atoms with Gasteiger partial charge in [-0.2, -0.15) is 5.10 Å². The van der Waals surface area contributed by atoms with Crippen LogP contribution in [0.4, 0.5) is 22.0 Å². The van der Waals surface area contributed by atoms with Gasteiger partial charge in [0.05, 0.1) is 17.4 Å². The Morgan fingerprint density at radius 1 is 0.771 bits per heavy atom. The van der Waals surface area contributed by atoms with Crippen LogP contribution < -0.4 is 4.74 Å². The van der Waals surface area contributed by atoms with E-state index in [0.717, 1.165) is 17.6 Å². The summed E-state index contributed by atoms with van der Waals surface area (Å²) in [5.41, 5.74) is -0.0263. The van der Waals surface area contributed by atoms with Crippen molar-refractivity contribution >= 4 is 0 Å². The Morgan fingerprint density at radius 2 is 1.43 bits per heavy atom. The van der Waals surface area contributed by atoms with Crippen molar-refractivity contribution in [3.05, 3.63) is 102 Å². The van der Waals surface area contributed by atoms with E-state index in [1.54, 1.807) is 36.5 Å². The van der Waals surface area contributed by atoms with E-state index in [1.165, 1.54) is 10.9 Å². The van der Waals surface area contributed by atoms with Crippen LogP contribution >= 0.6 is 0 Å². The molecular weight excluding hydrogens is 467 g/mol. The molecule has 0 bridgehead atoms. The highest BCUT2D eigenvalue weighted by Gasteiger charge is 2.27. The first-order valence-electron chi connectivity index (χ1n) is 10.3. The van der Waals surface area contributed by atoms with E-state index >= 15 is 0 Å². The summed E-state index contributed by atoms with van der Waals surface area (Å²) in [6, 6.07) is 14.0. The van der Waals surface area contributed by atoms with Gasteiger partial charge in [0, 0.05) is 42.8 Å². The highest BCUT2D eigenvalue weighted by molar-refractivity contribution is 5.64. The van der Waals surface area contributed by atoms with Crippen LogP contribution in [0, 0.1) is 29.1 Å². The Bertz CT molecular complexity index is 1530. The van der Waals surface area contributed by atoms with Crippen molar-refractivity contribution < 1.29 is 26.7 Å². The maximum absolute atomic E-state index is 14.2. The maximum atomic E-state index is 14.2. The first-order chi connectivity index (χ1) is 16.8. The molecule has 0 saturated carbocycles. The van der Waals surface area contributed by atoms with Crippen molar-refractivity contribution in [2.45, 2.75) is 0 Å². The summed E-state index contributed by atoms with van der Waals surface area (Å²) >= 11 is 0. The van der Waals surface area contributed by atoms with E-state index in [1.807, 2.05) is 36.0 Å². The largest absolute Gasteiger partial charge is 0.457 e. The van der Waals surface area contributed by atoms with Crippen LogP contribution in [0.1, 0.15) is 0 Å². The zero-order valence-electron chi connectivity index (χ0n) is 18.0. The van der Waals surface area contributed by atoms with E-state index in [4.69, 9.17) is 4.74 Å². The second-order valence-electron chi connectivity index (χ2n) is 7.61. The summed E-state index contributed by atoms with van der Waals surface area (Å²) in [5.74, 6) is -8.35. The number of imidazole rings is 1. The molecular formula is C25H15F5N4O. The number of aromatic nitrogens is 4. The molecule has 5 rings (SSSR count). The fourth-order valence-corrected chi connectivity index (χ4v) is 3.62. The molecule has 10 heteroatoms. The molecule has 0 N–H and O–H groups in total. The molecule has 2 aromatic heterocycles. The molecule has 0 saturated heterocycles. The SMILES string of the molecule is Cn1ccnc1-c1cccc(Oc2cccc(-n3cc(-c4c(F)c(F)c(F)c(F)c4F)cn3)c2)c1. The fraction of sp³-hybridized carbons (Fsp3) is 0.0400. The average Bonchev–Trinajstić information content (AvgIpc) is 3.51. The van der Waals surface area contributed by atoms with Gasteiger partial charge < -0.3 is 9.30 Å². The second-order valence-corrected chi connectivity index (χ2v) is 7.61. The van der Waals surface area contributed by atoms with Gasteiger partial charge in [-0.25, -0.2) is 31.6 Å². The predicted molar refractivity (Wildman–Crippen MR) is 118 cm³/mol. The number of halogens is 5. The molecule has 0 aliphatic carbocycles. The quantitative estimate of drug-likeness (QED) is 0.165. The molecule has 0 unspecified atom stereocenters. The summed E-state index contributed by atoms with van der Waals surface area (Å²) in [5, 5.41) is 4.01. The molecule has 35 heavy (non-hydrogen) atoms. The maximum Gasteiger partial charge on any atom is 0.200 e. The number of hydrogen-bond acceptors (Lipinski definition) is 3. The van der Waals surface area contributed by atoms with Gasteiger partial charge in [0.2, 0.25) is 5.82 Å². The molecule has 0 atom stereocenters. The molecule has 176 valence electrons. The number of ether oxygens (including phenoxy) is 1. The zero-order valence-corrected chi connectivity index (χ0v) is 18.0. The Balaban J connectivity index is 1.44. The van der Waals surface area contributed by atoms with Gasteiger partial charge in [0.1, 0.15) is 17.3 Å². The molecule has 0 aliphatic rings. The van der Waals surface area contributed by atoms with Gasteiger partial charge >= 0.3 is 0 Å². The molecule has 0 amide bonds. The molecule has 5 aromatic rings. The summed E-state index contributed by atoms with van der Waals surface area (Å²) in [6.07, 6.45) is 5.70. The van der Waals surface area contributed by atoms with Crippen LogP contribution in [-0.2, 0) is 7.05 Å². The highest BCUT2D eigenvalue weighted by atomic mass is 19.2. The van der Waals surface area contributed by atoms with Crippen LogP contribution in [0.2, 0.25) is 0 Å². The van der Waals surface area contributed by atoms with Gasteiger partial charge in [-0.15, -0.1) is 0 Å². The Labute approximate surface area is 195 Å². The fourth-order valence-electron chi connectivity index (χ4n) is 3.62. The number of hydrogen-bond donors (Lipinski definition) is 0. The van der Waals surface area contributed by atoms with Crippen LogP contribution in [-0.4, -0.2) is 19.3 Å². The average molecular weight is 482 g/mol. The van der Waals surface area contributed by atoms with Crippen LogP contribution in [0.3, 0.4) is 0 Å². The predicted octanol–water partition coefficient (Wildman–Crippen LogP) is 6.43. The number of benzene rings is 3. The normalized spacial score (nSPS) is 11.1. The first kappa shape index (κ1) is 22.3. The van der Waals surface area contributed by atoms with Gasteiger partial charge in [-0.05, 0) is 24.3 Å². The van der Waals surface area contributed by atoms with Crippen molar-refractivity contribution in [3.63, 3.8) is 0 Å². The van der Waals surface area contributed by atoms with Gasteiger partial charge in [0.15, 0.2) is 23.3 Å². The third kappa shape index (κ3) is 4.03. The minimum Gasteiger partial charge on any atom is -0.457 e. The third-order valence-electron chi connectivity index (χ3n) is 5.31. The summed E-state index contributed by atoms with van der Waals surface area (Å²) in [7, 11) is 1.88. The molecule has 0 spiro atoms. The smallest absolute Gasteiger partial charge is 0.200 e. The third-order valence-corrected chi connectivity index (χ3v) is 5.31. The van der Waals surface area contributed by atoms with E-state index < -0.39 is 34.6 Å². The van der Waals surface area contributed by atoms with Crippen molar-refractivity contribution in [1.82, 2.24) is 19.3 Å². The van der Waals surface area contributed by atoms with Crippen LogP contribution in [0.15, 0.2) is 73.3 Å². The molecule has 5 nitrogen and oxygen atoms in total. The monoisotopic (exact) mass is 482 g/mol. The zero-order chi connectivity index (χ0) is 24.7. The van der Waals surface area contributed by atoms with E-state index in [9.17, 15) is 22.0 Å². The van der Waals surface area contributed by atoms with E-state index in [2.05, 4.69) is 10.1 Å². The lowest BCUT2D eigenvalue weighted by molar-refractivity contribution is 0.381. The van der Waals surface area contributed by atoms with Crippen molar-refractivity contribution in [1.29, 1.82) is 0 Å². The van der Waals surface area contributed by atoms with Crippen molar-refractivity contribution in [2.75, 3.05) is 0 Å². The minimum absolute atomic E-state index is 0.271. The lowest BCUT2D eigenvalue weighted by atomic mass is 10.1. The minimum atomic E-state index is -2.21. The van der Waals surface area contributed by atoms with Crippen LogP contribution in [0.25, 0.3) is 28.2 Å². The lowest BCUT2D eigenvalue weighted by Crippen LogP contribution is -2.03. The second kappa shape index (κ2) is 8.71. The Morgan fingerprint density at radius 3 is 2.11 bits per heavy atom. The Kier molecular flexibility index (Phi) is 5.56. The van der Waals surface area contributed by atoms with Gasteiger partial charge in [-0.1, -0.05) is 18.2 Å². The summed E-state index contributed by atoms with van der Waals surface area (Å²) in [4.78, 5) is 4.32. The summed E-state index contributed by atoms with van der Waals surface area (Å²) in [6.45, 7) is 0. The number of rotatable bonds is 5. The van der Waals surface area contributed by atoms with Crippen LogP contribution in [0.5, 0.6) is 11.5 Å². The number of aryl methyl sites for hydroxylation is 1. The summed E-state index contributed by atoms with van der Waals surface area (Å²) < 4.78 is 78.0. The molecule has 3 aromatic carbocycles. The molecule has 0 radical (unpaired) electrons. The topological polar surface area (TPSA) is 44.9 Å². The van der Waals surface area contributed by atoms with Crippen molar-refractivity contribution in [3.8, 4) is 39.7 Å². The van der Waals surface area contributed by atoms with E-state index in [-0.39, 0.29) is 5.56 Å². The number of nitrogens with zero attached hydrogens (tertiary/aromatic N) is 4. The molecule has 0 aliphatic heterocycles.